The molecule has 0 spiro atoms. The van der Waals surface area contributed by atoms with E-state index in [1.807, 2.05) is 0 Å². The van der Waals surface area contributed by atoms with Gasteiger partial charge in [-0.3, -0.25) is 0 Å². The molecule has 0 fully saturated rings. The molecule has 0 saturated carbocycles. The van der Waals surface area contributed by atoms with E-state index in [2.05, 4.69) is 142 Å². The molecule has 4 aromatic carbocycles. The van der Waals surface area contributed by atoms with Crippen LogP contribution < -0.4 is 0 Å². The van der Waals surface area contributed by atoms with Crippen LogP contribution in [0.25, 0.3) is 21.8 Å². The van der Waals surface area contributed by atoms with Crippen LogP contribution in [-0.4, -0.2) is 12.3 Å². The predicted molar refractivity (Wildman–Crippen MR) is 180 cm³/mol. The maximum absolute atomic E-state index is 2.54. The van der Waals surface area contributed by atoms with Gasteiger partial charge in [-0.05, 0) is 96.7 Å². The molecule has 4 heterocycles. The van der Waals surface area contributed by atoms with Crippen LogP contribution in [0.4, 0.5) is 0 Å². The molecule has 4 aromatic rings. The maximum atomic E-state index is 2.54. The molecular formula is C39H34P2. The Morgan fingerprint density at radius 3 is 1.59 bits per heavy atom. The second kappa shape index (κ2) is 9.63. The topological polar surface area (TPSA) is 0 Å². The average Bonchev–Trinajstić information content (AvgIpc) is 3.73. The Kier molecular flexibility index (Phi) is 5.97. The highest BCUT2D eigenvalue weighted by Crippen LogP contribution is 2.85. The van der Waals surface area contributed by atoms with Gasteiger partial charge >= 0.3 is 0 Å². The van der Waals surface area contributed by atoms with E-state index >= 15 is 0 Å². The van der Waals surface area contributed by atoms with Crippen molar-refractivity contribution in [2.45, 2.75) is 20.8 Å². The fourth-order valence-corrected chi connectivity index (χ4v) is 15.8. The van der Waals surface area contributed by atoms with Crippen LogP contribution >= 0.6 is 15.8 Å². The lowest BCUT2D eigenvalue weighted by Gasteiger charge is -2.34. The Balaban J connectivity index is 1.32. The van der Waals surface area contributed by atoms with E-state index in [1.54, 1.807) is 43.5 Å². The van der Waals surface area contributed by atoms with Crippen molar-refractivity contribution in [3.63, 3.8) is 0 Å². The number of fused-ring (bicyclic) bond motifs is 4. The highest BCUT2D eigenvalue weighted by atomic mass is 31.1. The Labute approximate surface area is 246 Å². The number of hydrogen-bond acceptors (Lipinski definition) is 0. The lowest BCUT2D eigenvalue weighted by Crippen LogP contribution is -2.19. The van der Waals surface area contributed by atoms with Crippen LogP contribution in [0.1, 0.15) is 43.0 Å². The van der Waals surface area contributed by atoms with Crippen LogP contribution in [-0.2, 0) is 0 Å². The average molecular weight is 565 g/mol. The van der Waals surface area contributed by atoms with E-state index in [1.165, 1.54) is 34.6 Å². The van der Waals surface area contributed by atoms with Gasteiger partial charge in [-0.25, -0.2) is 0 Å². The molecule has 4 aliphatic rings. The molecule has 8 rings (SSSR count). The number of benzene rings is 4. The summed E-state index contributed by atoms with van der Waals surface area (Å²) in [4.78, 5) is 0. The molecule has 4 atom stereocenters. The molecule has 200 valence electrons. The van der Waals surface area contributed by atoms with Crippen molar-refractivity contribution < 1.29 is 0 Å². The van der Waals surface area contributed by atoms with Gasteiger partial charge in [0.05, 0.1) is 0 Å². The summed E-state index contributed by atoms with van der Waals surface area (Å²) in [7, 11) is -0.841. The fraction of sp³-hybridized carbons (Fsp3) is 0.179. The molecule has 0 radical (unpaired) electrons. The third kappa shape index (κ3) is 3.67. The molecule has 0 saturated heterocycles. The van der Waals surface area contributed by atoms with Gasteiger partial charge in [-0.1, -0.05) is 139 Å². The molecule has 0 nitrogen and oxygen atoms in total. The first-order valence-corrected chi connectivity index (χ1v) is 17.8. The van der Waals surface area contributed by atoms with Crippen molar-refractivity contribution in [3.8, 4) is 0 Å². The van der Waals surface area contributed by atoms with Gasteiger partial charge in [-0.2, -0.15) is 0 Å². The number of allylic oxidation sites excluding steroid dienone is 6. The molecule has 4 aliphatic heterocycles. The number of hydrogen-bond donors (Lipinski definition) is 0. The fourth-order valence-electron chi connectivity index (χ4n) is 7.88. The van der Waals surface area contributed by atoms with Crippen molar-refractivity contribution in [3.05, 3.63) is 165 Å². The summed E-state index contributed by atoms with van der Waals surface area (Å²) < 4.78 is 0. The van der Waals surface area contributed by atoms with Gasteiger partial charge in [0.2, 0.25) is 0 Å². The molecular weight excluding hydrogens is 530 g/mol. The van der Waals surface area contributed by atoms with E-state index in [-0.39, 0.29) is 5.41 Å². The van der Waals surface area contributed by atoms with E-state index < -0.39 is 15.8 Å². The number of rotatable bonds is 5. The quantitative estimate of drug-likeness (QED) is 0.212. The van der Waals surface area contributed by atoms with Gasteiger partial charge in [0, 0.05) is 11.3 Å². The van der Waals surface area contributed by atoms with Gasteiger partial charge in [-0.15, -0.1) is 0 Å². The first-order chi connectivity index (χ1) is 20.1. The zero-order valence-corrected chi connectivity index (χ0v) is 25.7. The summed E-state index contributed by atoms with van der Waals surface area (Å²) in [5, 5.41) is 6.75. The molecule has 41 heavy (non-hydrogen) atoms. The van der Waals surface area contributed by atoms with E-state index in [0.29, 0.717) is 5.92 Å². The van der Waals surface area contributed by atoms with Crippen molar-refractivity contribution in [2.75, 3.05) is 12.3 Å². The third-order valence-electron chi connectivity index (χ3n) is 9.86. The molecule has 0 N–H and O–H groups in total. The van der Waals surface area contributed by atoms with Crippen LogP contribution in [0.15, 0.2) is 143 Å². The molecule has 4 bridgehead atoms. The summed E-state index contributed by atoms with van der Waals surface area (Å²) in [6, 6.07) is 45.1. The Bertz CT molecular complexity index is 1790. The van der Waals surface area contributed by atoms with Crippen LogP contribution in [0.5, 0.6) is 0 Å². The molecule has 0 aromatic heterocycles. The summed E-state index contributed by atoms with van der Waals surface area (Å²) in [6.45, 7) is 7.50. The minimum Gasteiger partial charge on any atom is -0.0622 e. The summed E-state index contributed by atoms with van der Waals surface area (Å²) in [6.07, 6.45) is 2.52. The summed E-state index contributed by atoms with van der Waals surface area (Å²) in [5.41, 5.74) is 12.2. The first kappa shape index (κ1) is 25.4. The van der Waals surface area contributed by atoms with Crippen molar-refractivity contribution >= 4 is 37.6 Å². The maximum Gasteiger partial charge on any atom is 0.0198 e. The second-order valence-corrected chi connectivity index (χ2v) is 16.2. The summed E-state index contributed by atoms with van der Waals surface area (Å²) in [5.74, 6) is 0.523. The zero-order valence-electron chi connectivity index (χ0n) is 23.9. The third-order valence-corrected chi connectivity index (χ3v) is 16.0. The second-order valence-electron chi connectivity index (χ2n) is 12.0. The van der Waals surface area contributed by atoms with Gasteiger partial charge < -0.3 is 0 Å². The molecule has 0 amide bonds. The lowest BCUT2D eigenvalue weighted by atomic mass is 9.74. The first-order valence-electron chi connectivity index (χ1n) is 14.8. The minimum absolute atomic E-state index is 0.0814. The SMILES string of the molecule is CC1=C(C2=C(C)[C@]3(C)C[P@]2C(c2ccccc2)=C3c2ccccc2)[P@]2C[C@@H]1C(c1ccccc1)=C2c1ccccc1. The van der Waals surface area contributed by atoms with Crippen molar-refractivity contribution in [1.29, 1.82) is 0 Å². The Hall–Kier alpha value is -3.30. The van der Waals surface area contributed by atoms with E-state index in [4.69, 9.17) is 0 Å². The summed E-state index contributed by atoms with van der Waals surface area (Å²) >= 11 is 0. The van der Waals surface area contributed by atoms with Gasteiger partial charge in [0.15, 0.2) is 0 Å². The highest BCUT2D eigenvalue weighted by molar-refractivity contribution is 7.79. The molecule has 0 aliphatic carbocycles. The van der Waals surface area contributed by atoms with Crippen LogP contribution in [0.3, 0.4) is 0 Å². The molecule has 2 heteroatoms. The standard InChI is InChI=1S/C39H34P2/c1-26-32-24-40(37(30-20-12-6-13-21-30)33(32)28-16-8-4-9-17-28)35(26)36-27(2)39(3)25-41(36)38(31-22-14-7-15-23-31)34(39)29-18-10-5-11-19-29/h4-23,32H,24-25H2,1-3H3/t32-,39-,40-,41-/m0/s1. The van der Waals surface area contributed by atoms with E-state index in [9.17, 15) is 0 Å². The van der Waals surface area contributed by atoms with Crippen LogP contribution in [0, 0.1) is 11.3 Å². The highest BCUT2D eigenvalue weighted by Gasteiger charge is 2.56. The minimum atomic E-state index is -0.434. The lowest BCUT2D eigenvalue weighted by molar-refractivity contribution is 0.628. The Morgan fingerprint density at radius 2 is 1.02 bits per heavy atom. The van der Waals surface area contributed by atoms with Gasteiger partial charge in [0.1, 0.15) is 0 Å². The van der Waals surface area contributed by atoms with E-state index in [0.717, 1.165) is 0 Å². The van der Waals surface area contributed by atoms with Crippen LogP contribution in [0.2, 0.25) is 0 Å². The smallest absolute Gasteiger partial charge is 0.0198 e. The van der Waals surface area contributed by atoms with Crippen molar-refractivity contribution in [2.24, 2.45) is 11.3 Å². The van der Waals surface area contributed by atoms with Crippen molar-refractivity contribution in [1.82, 2.24) is 0 Å². The Morgan fingerprint density at radius 1 is 0.537 bits per heavy atom. The molecule has 0 unspecified atom stereocenters. The monoisotopic (exact) mass is 564 g/mol. The normalized spacial score (nSPS) is 26.7. The zero-order chi connectivity index (χ0) is 27.7. The largest absolute Gasteiger partial charge is 0.0622 e. The van der Waals surface area contributed by atoms with Gasteiger partial charge in [0.25, 0.3) is 0 Å². The predicted octanol–water partition coefficient (Wildman–Crippen LogP) is 11.3.